The molecular formula is C15H18N4O2S. The van der Waals surface area contributed by atoms with Crippen molar-refractivity contribution in [2.45, 2.75) is 13.5 Å². The largest absolute Gasteiger partial charge is 0.378 e. The first-order chi connectivity index (χ1) is 10.7. The van der Waals surface area contributed by atoms with E-state index in [2.05, 4.69) is 19.6 Å². The highest BCUT2D eigenvalue weighted by atomic mass is 32.1. The summed E-state index contributed by atoms with van der Waals surface area (Å²) in [6.07, 6.45) is 1.78. The average Bonchev–Trinajstić information content (AvgIpc) is 3.00. The van der Waals surface area contributed by atoms with Crippen molar-refractivity contribution in [1.82, 2.24) is 14.7 Å². The number of anilines is 1. The number of hydrogen-bond donors (Lipinski definition) is 1. The minimum atomic E-state index is -0.152. The molecule has 0 spiro atoms. The van der Waals surface area contributed by atoms with Crippen LogP contribution in [-0.2, 0) is 11.3 Å². The summed E-state index contributed by atoms with van der Waals surface area (Å²) in [6, 6.07) is 5.68. The second-order valence-corrected chi connectivity index (χ2v) is 6.10. The van der Waals surface area contributed by atoms with Gasteiger partial charge in [0.05, 0.1) is 13.2 Å². The molecule has 0 radical (unpaired) electrons. The van der Waals surface area contributed by atoms with Crippen molar-refractivity contribution >= 4 is 23.3 Å². The third kappa shape index (κ3) is 3.42. The minimum absolute atomic E-state index is 0.152. The van der Waals surface area contributed by atoms with Crippen LogP contribution in [0.2, 0.25) is 0 Å². The zero-order valence-electron chi connectivity index (χ0n) is 12.4. The predicted octanol–water partition coefficient (Wildman–Crippen LogP) is 1.61. The number of aromatic nitrogens is 2. The SMILES string of the molecule is Cc1cc(C(=O)NCc2cccnc2N2CCOCC2)ns1. The standard InChI is InChI=1S/C15H18N4O2S/c1-11-9-13(18-22-11)15(20)17-10-12-3-2-4-16-14(12)19-5-7-21-8-6-19/h2-4,9H,5-8,10H2,1H3,(H,17,20). The fraction of sp³-hybridized carbons (Fsp3) is 0.400. The molecule has 0 unspecified atom stereocenters. The molecular weight excluding hydrogens is 300 g/mol. The Balaban J connectivity index is 1.68. The molecule has 1 amide bonds. The van der Waals surface area contributed by atoms with E-state index in [1.54, 1.807) is 12.3 Å². The molecule has 2 aromatic heterocycles. The van der Waals surface area contributed by atoms with Crippen molar-refractivity contribution in [3.8, 4) is 0 Å². The van der Waals surface area contributed by atoms with Gasteiger partial charge in [-0.3, -0.25) is 4.79 Å². The van der Waals surface area contributed by atoms with Gasteiger partial charge in [-0.2, -0.15) is 4.37 Å². The fourth-order valence-electron chi connectivity index (χ4n) is 2.37. The molecule has 1 aliphatic rings. The maximum Gasteiger partial charge on any atom is 0.271 e. The summed E-state index contributed by atoms with van der Waals surface area (Å²) in [7, 11) is 0. The number of nitrogens with zero attached hydrogens (tertiary/aromatic N) is 3. The Hall–Kier alpha value is -1.99. The van der Waals surface area contributed by atoms with Crippen LogP contribution in [0.1, 0.15) is 20.9 Å². The number of amides is 1. The second-order valence-electron chi connectivity index (χ2n) is 5.09. The summed E-state index contributed by atoms with van der Waals surface area (Å²) in [4.78, 5) is 19.8. The van der Waals surface area contributed by atoms with E-state index >= 15 is 0 Å². The predicted molar refractivity (Wildman–Crippen MR) is 85.3 cm³/mol. The van der Waals surface area contributed by atoms with Crippen LogP contribution in [0.25, 0.3) is 0 Å². The van der Waals surface area contributed by atoms with E-state index in [0.717, 1.165) is 29.3 Å². The van der Waals surface area contributed by atoms with Gasteiger partial charge in [-0.25, -0.2) is 4.98 Å². The van der Waals surface area contributed by atoms with E-state index in [4.69, 9.17) is 4.74 Å². The van der Waals surface area contributed by atoms with E-state index in [0.29, 0.717) is 25.5 Å². The lowest BCUT2D eigenvalue weighted by atomic mass is 10.2. The minimum Gasteiger partial charge on any atom is -0.378 e. The van der Waals surface area contributed by atoms with Crippen molar-refractivity contribution in [3.05, 3.63) is 40.5 Å². The van der Waals surface area contributed by atoms with Crippen molar-refractivity contribution in [2.75, 3.05) is 31.2 Å². The Morgan fingerprint density at radius 2 is 2.27 bits per heavy atom. The van der Waals surface area contributed by atoms with E-state index in [9.17, 15) is 4.79 Å². The lowest BCUT2D eigenvalue weighted by Crippen LogP contribution is -2.37. The summed E-state index contributed by atoms with van der Waals surface area (Å²) in [5, 5.41) is 2.92. The number of morpholine rings is 1. The van der Waals surface area contributed by atoms with Crippen LogP contribution in [0.4, 0.5) is 5.82 Å². The van der Waals surface area contributed by atoms with Crippen LogP contribution >= 0.6 is 11.5 Å². The molecule has 1 N–H and O–H groups in total. The monoisotopic (exact) mass is 318 g/mol. The van der Waals surface area contributed by atoms with E-state index in [1.807, 2.05) is 19.1 Å². The molecule has 1 aliphatic heterocycles. The molecule has 3 rings (SSSR count). The number of nitrogens with one attached hydrogen (secondary N) is 1. The maximum absolute atomic E-state index is 12.1. The molecule has 2 aromatic rings. The number of ether oxygens (including phenoxy) is 1. The molecule has 0 aromatic carbocycles. The molecule has 116 valence electrons. The number of aryl methyl sites for hydroxylation is 1. The molecule has 1 fully saturated rings. The third-order valence-corrected chi connectivity index (χ3v) is 4.17. The number of hydrogen-bond acceptors (Lipinski definition) is 6. The first-order valence-electron chi connectivity index (χ1n) is 7.22. The lowest BCUT2D eigenvalue weighted by Gasteiger charge is -2.29. The molecule has 3 heterocycles. The first kappa shape index (κ1) is 14.9. The van der Waals surface area contributed by atoms with Gasteiger partial charge >= 0.3 is 0 Å². The van der Waals surface area contributed by atoms with Crippen molar-refractivity contribution < 1.29 is 9.53 Å². The molecule has 0 aliphatic carbocycles. The Labute approximate surface area is 133 Å². The quantitative estimate of drug-likeness (QED) is 0.928. The molecule has 6 nitrogen and oxygen atoms in total. The molecule has 1 saturated heterocycles. The molecule has 0 atom stereocenters. The third-order valence-electron chi connectivity index (χ3n) is 3.48. The lowest BCUT2D eigenvalue weighted by molar-refractivity contribution is 0.0946. The summed E-state index contributed by atoms with van der Waals surface area (Å²) in [6.45, 7) is 5.44. The molecule has 7 heteroatoms. The van der Waals surface area contributed by atoms with Crippen molar-refractivity contribution in [3.63, 3.8) is 0 Å². The highest BCUT2D eigenvalue weighted by molar-refractivity contribution is 7.05. The Kier molecular flexibility index (Phi) is 4.65. The molecule has 22 heavy (non-hydrogen) atoms. The van der Waals surface area contributed by atoms with Crippen LogP contribution in [0.15, 0.2) is 24.4 Å². The first-order valence-corrected chi connectivity index (χ1v) is 7.99. The molecule has 0 bridgehead atoms. The number of carbonyl (C=O) groups excluding carboxylic acids is 1. The van der Waals surface area contributed by atoms with Gasteiger partial charge in [0.25, 0.3) is 5.91 Å². The van der Waals surface area contributed by atoms with Gasteiger partial charge in [0, 0.05) is 36.3 Å². The summed E-state index contributed by atoms with van der Waals surface area (Å²) in [5.41, 5.74) is 1.48. The van der Waals surface area contributed by atoms with Crippen molar-refractivity contribution in [2.24, 2.45) is 0 Å². The Morgan fingerprint density at radius 3 is 3.00 bits per heavy atom. The van der Waals surface area contributed by atoms with Gasteiger partial charge in [0.15, 0.2) is 0 Å². The van der Waals surface area contributed by atoms with Gasteiger partial charge in [0.2, 0.25) is 0 Å². The topological polar surface area (TPSA) is 67.4 Å². The molecule has 0 saturated carbocycles. The fourth-order valence-corrected chi connectivity index (χ4v) is 2.91. The summed E-state index contributed by atoms with van der Waals surface area (Å²) < 4.78 is 9.50. The van der Waals surface area contributed by atoms with Crippen LogP contribution in [0, 0.1) is 6.92 Å². The van der Waals surface area contributed by atoms with Crippen molar-refractivity contribution in [1.29, 1.82) is 0 Å². The Bertz CT molecular complexity index is 652. The number of carbonyl (C=O) groups is 1. The van der Waals surface area contributed by atoms with Gasteiger partial charge in [-0.1, -0.05) is 6.07 Å². The van der Waals surface area contributed by atoms with Gasteiger partial charge in [-0.15, -0.1) is 0 Å². The van der Waals surface area contributed by atoms with Crippen LogP contribution < -0.4 is 10.2 Å². The Morgan fingerprint density at radius 1 is 1.45 bits per heavy atom. The number of rotatable bonds is 4. The van der Waals surface area contributed by atoms with Crippen LogP contribution in [-0.4, -0.2) is 41.6 Å². The summed E-state index contributed by atoms with van der Waals surface area (Å²) in [5.74, 6) is 0.765. The van der Waals surface area contributed by atoms with E-state index < -0.39 is 0 Å². The highest BCUT2D eigenvalue weighted by Crippen LogP contribution is 2.18. The second kappa shape index (κ2) is 6.85. The maximum atomic E-state index is 12.1. The average molecular weight is 318 g/mol. The summed E-state index contributed by atoms with van der Waals surface area (Å²) >= 11 is 1.33. The highest BCUT2D eigenvalue weighted by Gasteiger charge is 2.16. The zero-order chi connectivity index (χ0) is 15.4. The normalized spacial score (nSPS) is 14.9. The van der Waals surface area contributed by atoms with Crippen LogP contribution in [0.3, 0.4) is 0 Å². The smallest absolute Gasteiger partial charge is 0.271 e. The zero-order valence-corrected chi connectivity index (χ0v) is 13.2. The number of pyridine rings is 1. The van der Waals surface area contributed by atoms with Crippen LogP contribution in [0.5, 0.6) is 0 Å². The van der Waals surface area contributed by atoms with E-state index in [-0.39, 0.29) is 5.91 Å². The van der Waals surface area contributed by atoms with E-state index in [1.165, 1.54) is 11.5 Å². The van der Waals surface area contributed by atoms with Gasteiger partial charge in [0.1, 0.15) is 11.5 Å². The van der Waals surface area contributed by atoms with Gasteiger partial charge < -0.3 is 15.0 Å². The van der Waals surface area contributed by atoms with Gasteiger partial charge in [-0.05, 0) is 30.6 Å².